The third-order valence-electron chi connectivity index (χ3n) is 2.49. The maximum Gasteiger partial charge on any atom is 0.130 e. The molecule has 0 aromatic carbocycles. The van der Waals surface area contributed by atoms with Crippen molar-refractivity contribution in [3.63, 3.8) is 0 Å². The van der Waals surface area contributed by atoms with Gasteiger partial charge in [0, 0.05) is 31.0 Å². The van der Waals surface area contributed by atoms with Crippen LogP contribution in [0.25, 0.3) is 0 Å². The highest BCUT2D eigenvalue weighted by molar-refractivity contribution is 5.50. The molecule has 76 valence electrons. The fraction of sp³-hybridized carbons (Fsp3) is 0.500. The summed E-state index contributed by atoms with van der Waals surface area (Å²) < 4.78 is 0. The third kappa shape index (κ3) is 1.96. The minimum Gasteiger partial charge on any atom is -0.399 e. The molecule has 0 amide bonds. The maximum absolute atomic E-state index is 9.51. The fourth-order valence-corrected chi connectivity index (χ4v) is 1.77. The van der Waals surface area contributed by atoms with E-state index in [1.54, 1.807) is 12.3 Å². The summed E-state index contributed by atoms with van der Waals surface area (Å²) in [7, 11) is 0. The van der Waals surface area contributed by atoms with Crippen LogP contribution in [0.5, 0.6) is 0 Å². The fourth-order valence-electron chi connectivity index (χ4n) is 1.77. The van der Waals surface area contributed by atoms with Gasteiger partial charge in [-0.05, 0) is 18.9 Å². The largest absolute Gasteiger partial charge is 0.399 e. The Labute approximate surface area is 83.4 Å². The number of pyridine rings is 1. The van der Waals surface area contributed by atoms with Crippen LogP contribution in [0.2, 0.25) is 0 Å². The van der Waals surface area contributed by atoms with Crippen molar-refractivity contribution >= 4 is 11.5 Å². The van der Waals surface area contributed by atoms with Crippen LogP contribution in [0, 0.1) is 0 Å². The minimum absolute atomic E-state index is 0.230. The van der Waals surface area contributed by atoms with Gasteiger partial charge in [0.25, 0.3) is 0 Å². The zero-order valence-electron chi connectivity index (χ0n) is 8.06. The molecule has 0 saturated carbocycles. The van der Waals surface area contributed by atoms with E-state index in [-0.39, 0.29) is 6.10 Å². The first-order valence-electron chi connectivity index (χ1n) is 4.90. The van der Waals surface area contributed by atoms with Crippen LogP contribution < -0.4 is 10.6 Å². The number of aliphatic hydroxyl groups is 1. The summed E-state index contributed by atoms with van der Waals surface area (Å²) in [5.74, 6) is 0.865. The molecule has 1 saturated heterocycles. The van der Waals surface area contributed by atoms with E-state index in [0.29, 0.717) is 6.54 Å². The Hall–Kier alpha value is -1.29. The first-order chi connectivity index (χ1) is 6.75. The number of anilines is 2. The van der Waals surface area contributed by atoms with Gasteiger partial charge in [-0.1, -0.05) is 0 Å². The molecule has 1 aliphatic rings. The van der Waals surface area contributed by atoms with Crippen LogP contribution in [0.1, 0.15) is 12.8 Å². The third-order valence-corrected chi connectivity index (χ3v) is 2.49. The van der Waals surface area contributed by atoms with Crippen molar-refractivity contribution in [3.8, 4) is 0 Å². The predicted molar refractivity (Wildman–Crippen MR) is 56.1 cm³/mol. The number of aliphatic hydroxyl groups excluding tert-OH is 1. The van der Waals surface area contributed by atoms with E-state index >= 15 is 0 Å². The minimum atomic E-state index is -0.230. The second-order valence-corrected chi connectivity index (χ2v) is 3.69. The van der Waals surface area contributed by atoms with Gasteiger partial charge in [-0.2, -0.15) is 0 Å². The zero-order chi connectivity index (χ0) is 9.97. The molecule has 1 fully saturated rings. The standard InChI is InChI=1S/C10H15N3O/c11-8-3-4-12-10(6-8)13-5-1-2-9(14)7-13/h3-4,6,9,14H,1-2,5,7H2,(H2,11,12)/t9-/m0/s1. The first-order valence-corrected chi connectivity index (χ1v) is 4.90. The van der Waals surface area contributed by atoms with Crippen LogP contribution in [0.15, 0.2) is 18.3 Å². The lowest BCUT2D eigenvalue weighted by molar-refractivity contribution is 0.154. The van der Waals surface area contributed by atoms with Gasteiger partial charge in [-0.3, -0.25) is 0 Å². The lowest BCUT2D eigenvalue weighted by atomic mass is 10.1. The molecule has 14 heavy (non-hydrogen) atoms. The number of aromatic nitrogens is 1. The number of nitrogens with two attached hydrogens (primary N) is 1. The van der Waals surface area contributed by atoms with Gasteiger partial charge in [0.1, 0.15) is 5.82 Å². The number of hydrogen-bond donors (Lipinski definition) is 2. The quantitative estimate of drug-likeness (QED) is 0.686. The number of hydrogen-bond acceptors (Lipinski definition) is 4. The predicted octanol–water partition coefficient (Wildman–Crippen LogP) is 0.625. The molecule has 1 atom stereocenters. The first kappa shape index (κ1) is 9.27. The van der Waals surface area contributed by atoms with Crippen molar-refractivity contribution in [1.29, 1.82) is 0 Å². The summed E-state index contributed by atoms with van der Waals surface area (Å²) >= 11 is 0. The molecular weight excluding hydrogens is 178 g/mol. The Morgan fingerprint density at radius 2 is 2.43 bits per heavy atom. The number of rotatable bonds is 1. The molecule has 1 aromatic rings. The Bertz CT molecular complexity index is 316. The van der Waals surface area contributed by atoms with Crippen molar-refractivity contribution in [3.05, 3.63) is 18.3 Å². The zero-order valence-corrected chi connectivity index (χ0v) is 8.06. The van der Waals surface area contributed by atoms with Gasteiger partial charge < -0.3 is 15.7 Å². The number of piperidine rings is 1. The second kappa shape index (κ2) is 3.84. The monoisotopic (exact) mass is 193 g/mol. The number of nitrogens with zero attached hydrogens (tertiary/aromatic N) is 2. The van der Waals surface area contributed by atoms with Gasteiger partial charge >= 0.3 is 0 Å². The molecule has 0 aliphatic carbocycles. The lowest BCUT2D eigenvalue weighted by Crippen LogP contribution is -2.38. The van der Waals surface area contributed by atoms with E-state index in [9.17, 15) is 5.11 Å². The van der Waals surface area contributed by atoms with E-state index < -0.39 is 0 Å². The molecule has 0 bridgehead atoms. The van der Waals surface area contributed by atoms with Crippen LogP contribution in [0.4, 0.5) is 11.5 Å². The summed E-state index contributed by atoms with van der Waals surface area (Å²) in [6, 6.07) is 3.61. The van der Waals surface area contributed by atoms with Crippen LogP contribution in [0.3, 0.4) is 0 Å². The van der Waals surface area contributed by atoms with Gasteiger partial charge in [0.15, 0.2) is 0 Å². The van der Waals surface area contributed by atoms with Crippen molar-refractivity contribution in [2.75, 3.05) is 23.7 Å². The van der Waals surface area contributed by atoms with E-state index in [1.165, 1.54) is 0 Å². The summed E-state index contributed by atoms with van der Waals surface area (Å²) in [5.41, 5.74) is 6.39. The van der Waals surface area contributed by atoms with E-state index in [0.717, 1.165) is 30.9 Å². The highest BCUT2D eigenvalue weighted by Gasteiger charge is 2.18. The number of β-amino-alcohol motifs (C(OH)–C–C–N with tert-alkyl or cyclic N) is 1. The highest BCUT2D eigenvalue weighted by atomic mass is 16.3. The van der Waals surface area contributed by atoms with Gasteiger partial charge in [0.2, 0.25) is 0 Å². The molecule has 1 aliphatic heterocycles. The topological polar surface area (TPSA) is 62.4 Å². The Morgan fingerprint density at radius 1 is 1.57 bits per heavy atom. The van der Waals surface area contributed by atoms with Crippen molar-refractivity contribution in [1.82, 2.24) is 4.98 Å². The molecule has 4 heteroatoms. The Balaban J connectivity index is 2.14. The van der Waals surface area contributed by atoms with E-state index in [4.69, 9.17) is 5.73 Å². The summed E-state index contributed by atoms with van der Waals surface area (Å²) in [6.07, 6.45) is 3.37. The molecule has 0 radical (unpaired) electrons. The maximum atomic E-state index is 9.51. The van der Waals surface area contributed by atoms with E-state index in [1.807, 2.05) is 6.07 Å². The molecule has 2 rings (SSSR count). The summed E-state index contributed by atoms with van der Waals surface area (Å²) in [4.78, 5) is 6.31. The SMILES string of the molecule is Nc1ccnc(N2CCC[C@H](O)C2)c1. The lowest BCUT2D eigenvalue weighted by Gasteiger charge is -2.31. The molecule has 3 N–H and O–H groups in total. The van der Waals surface area contributed by atoms with Crippen molar-refractivity contribution < 1.29 is 5.11 Å². The van der Waals surface area contributed by atoms with Gasteiger partial charge in [0.05, 0.1) is 6.10 Å². The highest BCUT2D eigenvalue weighted by Crippen LogP contribution is 2.19. The average molecular weight is 193 g/mol. The smallest absolute Gasteiger partial charge is 0.130 e. The molecule has 4 nitrogen and oxygen atoms in total. The summed E-state index contributed by atoms with van der Waals surface area (Å²) in [5, 5.41) is 9.51. The van der Waals surface area contributed by atoms with Gasteiger partial charge in [-0.25, -0.2) is 4.98 Å². The summed E-state index contributed by atoms with van der Waals surface area (Å²) in [6.45, 7) is 1.62. The van der Waals surface area contributed by atoms with Crippen LogP contribution in [-0.4, -0.2) is 29.3 Å². The van der Waals surface area contributed by atoms with Gasteiger partial charge in [-0.15, -0.1) is 0 Å². The van der Waals surface area contributed by atoms with E-state index in [2.05, 4.69) is 9.88 Å². The molecular formula is C10H15N3O. The Morgan fingerprint density at radius 3 is 3.14 bits per heavy atom. The molecule has 0 unspecified atom stereocenters. The van der Waals surface area contributed by atoms with Crippen LogP contribution in [-0.2, 0) is 0 Å². The molecule has 0 spiro atoms. The second-order valence-electron chi connectivity index (χ2n) is 3.69. The van der Waals surface area contributed by atoms with Crippen molar-refractivity contribution in [2.24, 2.45) is 0 Å². The normalized spacial score (nSPS) is 22.4. The number of nitrogen functional groups attached to an aromatic ring is 1. The van der Waals surface area contributed by atoms with Crippen molar-refractivity contribution in [2.45, 2.75) is 18.9 Å². The van der Waals surface area contributed by atoms with Crippen LogP contribution >= 0.6 is 0 Å². The average Bonchev–Trinajstić information content (AvgIpc) is 2.18. The Kier molecular flexibility index (Phi) is 2.54. The molecule has 2 heterocycles. The molecule has 1 aromatic heterocycles.